The van der Waals surface area contributed by atoms with Crippen LogP contribution in [-0.2, 0) is 22.9 Å². The van der Waals surface area contributed by atoms with Gasteiger partial charge in [-0.3, -0.25) is 0 Å². The van der Waals surface area contributed by atoms with E-state index in [2.05, 4.69) is 20.8 Å². The molecule has 0 fully saturated rings. The molecular weight excluding hydrogens is 450 g/mol. The predicted octanol–water partition coefficient (Wildman–Crippen LogP) is 4.34. The van der Waals surface area contributed by atoms with Crippen molar-refractivity contribution in [1.29, 1.82) is 0 Å². The molecule has 0 radical (unpaired) electrons. The maximum absolute atomic E-state index is 13.7. The molecule has 3 aromatic rings. The second-order valence-electron chi connectivity index (χ2n) is 7.29. The van der Waals surface area contributed by atoms with Gasteiger partial charge in [-0.1, -0.05) is 15.9 Å². The van der Waals surface area contributed by atoms with Crippen LogP contribution < -0.4 is 0 Å². The SMILES string of the molecule is CN(C)C1CCc2c(c3cc(Br)ccc3n2S(=O)(=O)c2ccc(F)c(F)c2)C1. The monoisotopic (exact) mass is 468 g/mol. The number of halogens is 3. The fraction of sp³-hybridized carbons (Fsp3) is 0.300. The molecule has 0 bridgehead atoms. The molecule has 1 heterocycles. The van der Waals surface area contributed by atoms with Crippen LogP contribution in [0.2, 0.25) is 0 Å². The molecule has 1 aliphatic carbocycles. The highest BCUT2D eigenvalue weighted by Crippen LogP contribution is 2.37. The third-order valence-corrected chi connectivity index (χ3v) is 7.65. The Hall–Kier alpha value is -1.77. The number of nitrogens with zero attached hydrogens (tertiary/aromatic N) is 2. The third-order valence-electron chi connectivity index (χ3n) is 5.41. The van der Waals surface area contributed by atoms with E-state index in [1.807, 2.05) is 20.2 Å². The zero-order valence-electron chi connectivity index (χ0n) is 15.4. The Labute approximate surface area is 170 Å². The van der Waals surface area contributed by atoms with Gasteiger partial charge in [0.15, 0.2) is 11.6 Å². The van der Waals surface area contributed by atoms with Gasteiger partial charge in [0.25, 0.3) is 10.0 Å². The van der Waals surface area contributed by atoms with Crippen LogP contribution in [0.1, 0.15) is 17.7 Å². The van der Waals surface area contributed by atoms with Crippen LogP contribution in [0.4, 0.5) is 8.78 Å². The Morgan fingerprint density at radius 1 is 1.11 bits per heavy atom. The first-order valence-electron chi connectivity index (χ1n) is 8.89. The fourth-order valence-corrected chi connectivity index (χ4v) is 5.90. The molecule has 1 aliphatic rings. The minimum absolute atomic E-state index is 0.260. The first-order valence-corrected chi connectivity index (χ1v) is 11.1. The molecule has 28 heavy (non-hydrogen) atoms. The quantitative estimate of drug-likeness (QED) is 0.574. The van der Waals surface area contributed by atoms with Gasteiger partial charge in [-0.15, -0.1) is 0 Å². The van der Waals surface area contributed by atoms with Gasteiger partial charge < -0.3 is 4.90 Å². The second-order valence-corrected chi connectivity index (χ2v) is 9.99. The maximum Gasteiger partial charge on any atom is 0.268 e. The van der Waals surface area contributed by atoms with Gasteiger partial charge in [0.05, 0.1) is 10.4 Å². The summed E-state index contributed by atoms with van der Waals surface area (Å²) in [6.45, 7) is 0. The van der Waals surface area contributed by atoms with E-state index in [1.54, 1.807) is 12.1 Å². The molecule has 0 saturated heterocycles. The summed E-state index contributed by atoms with van der Waals surface area (Å²) < 4.78 is 56.0. The molecule has 0 amide bonds. The summed E-state index contributed by atoms with van der Waals surface area (Å²) in [5.74, 6) is -2.25. The topological polar surface area (TPSA) is 42.3 Å². The lowest BCUT2D eigenvalue weighted by Crippen LogP contribution is -2.34. The van der Waals surface area contributed by atoms with Crippen LogP contribution in [0.25, 0.3) is 10.9 Å². The van der Waals surface area contributed by atoms with E-state index in [9.17, 15) is 17.2 Å². The van der Waals surface area contributed by atoms with E-state index in [-0.39, 0.29) is 4.90 Å². The van der Waals surface area contributed by atoms with Crippen LogP contribution in [0, 0.1) is 11.6 Å². The lowest BCUT2D eigenvalue weighted by atomic mass is 9.91. The highest BCUT2D eigenvalue weighted by Gasteiger charge is 2.32. The van der Waals surface area contributed by atoms with Crippen LogP contribution >= 0.6 is 15.9 Å². The molecule has 1 aromatic heterocycles. The van der Waals surface area contributed by atoms with E-state index >= 15 is 0 Å². The van der Waals surface area contributed by atoms with Crippen molar-refractivity contribution in [3.63, 3.8) is 0 Å². The molecule has 0 aliphatic heterocycles. The van der Waals surface area contributed by atoms with Gasteiger partial charge in [0.1, 0.15) is 0 Å². The smallest absolute Gasteiger partial charge is 0.268 e. The number of hydrogen-bond acceptors (Lipinski definition) is 3. The van der Waals surface area contributed by atoms with Crippen molar-refractivity contribution >= 4 is 36.9 Å². The fourth-order valence-electron chi connectivity index (χ4n) is 3.93. The summed E-state index contributed by atoms with van der Waals surface area (Å²) in [4.78, 5) is 1.89. The maximum atomic E-state index is 13.7. The Morgan fingerprint density at radius 3 is 2.54 bits per heavy atom. The van der Waals surface area contributed by atoms with E-state index in [1.165, 1.54) is 3.97 Å². The van der Waals surface area contributed by atoms with Crippen molar-refractivity contribution in [3.05, 3.63) is 63.8 Å². The highest BCUT2D eigenvalue weighted by molar-refractivity contribution is 9.10. The normalized spacial score (nSPS) is 17.3. The largest absolute Gasteiger partial charge is 0.306 e. The average molecular weight is 469 g/mol. The summed E-state index contributed by atoms with van der Waals surface area (Å²) in [5.41, 5.74) is 2.26. The number of likely N-dealkylation sites (N-methyl/N-ethyl adjacent to an activating group) is 1. The molecule has 2 aromatic carbocycles. The van der Waals surface area contributed by atoms with E-state index in [0.29, 0.717) is 18.0 Å². The van der Waals surface area contributed by atoms with Crippen LogP contribution in [0.3, 0.4) is 0 Å². The van der Waals surface area contributed by atoms with Crippen LogP contribution in [0.5, 0.6) is 0 Å². The van der Waals surface area contributed by atoms with Gasteiger partial charge in [-0.2, -0.15) is 0 Å². The molecule has 8 heteroatoms. The minimum Gasteiger partial charge on any atom is -0.306 e. The lowest BCUT2D eigenvalue weighted by Gasteiger charge is -2.29. The standard InChI is InChI=1S/C20H19BrF2N2O2S/c1-24(2)13-4-8-20-16(10-13)15-9-12(21)3-7-19(15)25(20)28(26,27)14-5-6-17(22)18(23)11-14/h3,5-7,9,11,13H,4,8,10H2,1-2H3. The van der Waals surface area contributed by atoms with Gasteiger partial charge in [-0.25, -0.2) is 21.2 Å². The number of fused-ring (bicyclic) bond motifs is 3. The molecule has 148 valence electrons. The minimum atomic E-state index is -4.07. The summed E-state index contributed by atoms with van der Waals surface area (Å²) in [6.07, 6.45) is 2.15. The number of aromatic nitrogens is 1. The summed E-state index contributed by atoms with van der Waals surface area (Å²) in [5, 5.41) is 0.863. The molecule has 0 saturated carbocycles. The molecule has 4 nitrogen and oxygen atoms in total. The number of benzene rings is 2. The summed E-state index contributed by atoms with van der Waals surface area (Å²) in [6, 6.07) is 8.47. The van der Waals surface area contributed by atoms with Crippen LogP contribution in [0.15, 0.2) is 45.8 Å². The Kier molecular flexibility index (Phi) is 4.84. The molecule has 1 atom stereocenters. The van der Waals surface area contributed by atoms with Crippen molar-refractivity contribution in [2.45, 2.75) is 30.2 Å². The molecule has 0 N–H and O–H groups in total. The Balaban J connectivity index is 1.98. The molecule has 1 unspecified atom stereocenters. The van der Waals surface area contributed by atoms with Gasteiger partial charge >= 0.3 is 0 Å². The van der Waals surface area contributed by atoms with E-state index in [4.69, 9.17) is 0 Å². The number of rotatable bonds is 3. The van der Waals surface area contributed by atoms with Crippen molar-refractivity contribution in [3.8, 4) is 0 Å². The van der Waals surface area contributed by atoms with Crippen molar-refractivity contribution in [1.82, 2.24) is 8.87 Å². The Morgan fingerprint density at radius 2 is 1.86 bits per heavy atom. The number of hydrogen-bond donors (Lipinski definition) is 0. The first kappa shape index (κ1) is 19.5. The van der Waals surface area contributed by atoms with Gasteiger partial charge in [0, 0.05) is 21.6 Å². The predicted molar refractivity (Wildman–Crippen MR) is 108 cm³/mol. The summed E-state index contributed by atoms with van der Waals surface area (Å²) in [7, 11) is -0.0391. The van der Waals surface area contributed by atoms with Crippen LogP contribution in [-0.4, -0.2) is 37.4 Å². The first-order chi connectivity index (χ1) is 13.2. The van der Waals surface area contributed by atoms with E-state index in [0.717, 1.165) is 52.2 Å². The third kappa shape index (κ3) is 3.07. The zero-order chi connectivity index (χ0) is 20.2. The van der Waals surface area contributed by atoms with E-state index < -0.39 is 21.7 Å². The Bertz CT molecular complexity index is 1190. The second kappa shape index (κ2) is 6.93. The average Bonchev–Trinajstić information content (AvgIpc) is 2.97. The molecular formula is C20H19BrF2N2O2S. The highest BCUT2D eigenvalue weighted by atomic mass is 79.9. The van der Waals surface area contributed by atoms with Gasteiger partial charge in [0.2, 0.25) is 0 Å². The van der Waals surface area contributed by atoms with Crippen molar-refractivity contribution in [2.75, 3.05) is 14.1 Å². The summed E-state index contributed by atoms with van der Waals surface area (Å²) >= 11 is 3.47. The lowest BCUT2D eigenvalue weighted by molar-refractivity contribution is 0.267. The van der Waals surface area contributed by atoms with Crippen molar-refractivity contribution in [2.24, 2.45) is 0 Å². The zero-order valence-corrected chi connectivity index (χ0v) is 17.8. The molecule has 4 rings (SSSR count). The van der Waals surface area contributed by atoms with Crippen molar-refractivity contribution < 1.29 is 17.2 Å². The van der Waals surface area contributed by atoms with Gasteiger partial charge in [-0.05, 0) is 75.3 Å². The molecule has 0 spiro atoms.